The molecular weight excluding hydrogens is 127 g/mol. The van der Waals surface area contributed by atoms with Gasteiger partial charge in [0.05, 0.1) is 0 Å². The van der Waals surface area contributed by atoms with E-state index in [2.05, 4.69) is 19.3 Å². The Balaban J connectivity index is 2.40. The minimum absolute atomic E-state index is 0.704. The maximum absolute atomic E-state index is 3.80. The molecule has 0 aromatic carbocycles. The van der Waals surface area contributed by atoms with Crippen LogP contribution < -0.4 is 0 Å². The van der Waals surface area contributed by atoms with Crippen molar-refractivity contribution in [2.75, 3.05) is 25.2 Å². The molecule has 0 bridgehead atoms. The first kappa shape index (κ1) is 7.28. The van der Waals surface area contributed by atoms with Gasteiger partial charge >= 0.3 is 57.9 Å². The fraction of sp³-hybridized carbons (Fsp3) is 0.750. The molecule has 0 spiro atoms. The molecule has 0 aliphatic carbocycles. The van der Waals surface area contributed by atoms with Crippen LogP contribution in [0.2, 0.25) is 0 Å². The van der Waals surface area contributed by atoms with Gasteiger partial charge in [0.15, 0.2) is 0 Å². The van der Waals surface area contributed by atoms with Gasteiger partial charge in [-0.3, -0.25) is 0 Å². The van der Waals surface area contributed by atoms with Crippen molar-refractivity contribution >= 4 is 7.26 Å². The van der Waals surface area contributed by atoms with Gasteiger partial charge in [-0.1, -0.05) is 0 Å². The van der Waals surface area contributed by atoms with Crippen molar-refractivity contribution in [3.05, 3.63) is 12.7 Å². The molecule has 1 heterocycles. The van der Waals surface area contributed by atoms with E-state index in [4.69, 9.17) is 0 Å². The van der Waals surface area contributed by atoms with E-state index in [1.54, 1.807) is 12.3 Å². The molecule has 1 heteroatoms. The molecular formula is C8H17P. The first-order valence-corrected chi connectivity index (χ1v) is 7.00. The summed E-state index contributed by atoms with van der Waals surface area (Å²) >= 11 is 0. The molecule has 0 N–H and O–H groups in total. The van der Waals surface area contributed by atoms with Gasteiger partial charge in [-0.05, 0) is 0 Å². The Morgan fingerprint density at radius 3 is 2.44 bits per heavy atom. The van der Waals surface area contributed by atoms with E-state index in [1.807, 2.05) is 0 Å². The van der Waals surface area contributed by atoms with Crippen LogP contribution >= 0.6 is 7.26 Å². The van der Waals surface area contributed by atoms with Crippen LogP contribution in [0.5, 0.6) is 0 Å². The second kappa shape index (κ2) is 2.84. The molecule has 0 atom stereocenters. The summed E-state index contributed by atoms with van der Waals surface area (Å²) in [6.07, 6.45) is 9.58. The van der Waals surface area contributed by atoms with Gasteiger partial charge in [0, 0.05) is 0 Å². The Kier molecular flexibility index (Phi) is 2.29. The number of hydrogen-bond donors (Lipinski definition) is 0. The zero-order valence-corrected chi connectivity index (χ0v) is 7.32. The first-order chi connectivity index (χ1) is 4.27. The molecule has 0 nitrogen and oxygen atoms in total. The summed E-state index contributed by atoms with van der Waals surface area (Å²) < 4.78 is 0. The Bertz CT molecular complexity index is 101. The monoisotopic (exact) mass is 144 g/mol. The summed E-state index contributed by atoms with van der Waals surface area (Å²) in [5.74, 6) is 0. The molecule has 1 aliphatic heterocycles. The van der Waals surface area contributed by atoms with Crippen molar-refractivity contribution in [3.63, 3.8) is 0 Å². The molecule has 0 aromatic rings. The number of allylic oxidation sites excluding steroid dienone is 1. The van der Waals surface area contributed by atoms with Crippen molar-refractivity contribution in [3.8, 4) is 0 Å². The van der Waals surface area contributed by atoms with Crippen LogP contribution in [0.25, 0.3) is 0 Å². The van der Waals surface area contributed by atoms with Crippen LogP contribution in [0.3, 0.4) is 0 Å². The van der Waals surface area contributed by atoms with Crippen LogP contribution in [0.1, 0.15) is 12.8 Å². The summed E-state index contributed by atoms with van der Waals surface area (Å²) in [4.78, 5) is 0. The van der Waals surface area contributed by atoms with Crippen molar-refractivity contribution in [1.29, 1.82) is 0 Å². The summed E-state index contributed by atoms with van der Waals surface area (Å²) in [5, 5.41) is 0. The van der Waals surface area contributed by atoms with Gasteiger partial charge in [-0.2, -0.15) is 0 Å². The van der Waals surface area contributed by atoms with Crippen molar-refractivity contribution in [1.82, 2.24) is 0 Å². The quantitative estimate of drug-likeness (QED) is 0.412. The average molecular weight is 144 g/mol. The molecule has 0 amide bonds. The van der Waals surface area contributed by atoms with Crippen LogP contribution in [0, 0.1) is 0 Å². The Labute approximate surface area is 58.7 Å². The number of hydrogen-bond acceptors (Lipinski definition) is 0. The van der Waals surface area contributed by atoms with E-state index in [-0.39, 0.29) is 0 Å². The average Bonchev–Trinajstić information content (AvgIpc) is 2.16. The van der Waals surface area contributed by atoms with E-state index in [1.165, 1.54) is 19.0 Å². The number of rotatable bonds is 2. The second-order valence-corrected chi connectivity index (χ2v) is 8.54. The topological polar surface area (TPSA) is 0 Å². The molecule has 1 saturated heterocycles. The third-order valence-corrected chi connectivity index (χ3v) is 6.84. The van der Waals surface area contributed by atoms with Crippen LogP contribution in [0.4, 0.5) is 0 Å². The molecule has 0 saturated carbocycles. The van der Waals surface area contributed by atoms with Gasteiger partial charge in [0.25, 0.3) is 0 Å². The van der Waals surface area contributed by atoms with Crippen molar-refractivity contribution < 1.29 is 0 Å². The van der Waals surface area contributed by atoms with Gasteiger partial charge in [0.1, 0.15) is 0 Å². The summed E-state index contributed by atoms with van der Waals surface area (Å²) in [6.45, 7) is 6.32. The zero-order chi connectivity index (χ0) is 6.74. The molecule has 54 valence electrons. The van der Waals surface area contributed by atoms with Crippen molar-refractivity contribution in [2.24, 2.45) is 0 Å². The molecule has 0 radical (unpaired) electrons. The van der Waals surface area contributed by atoms with E-state index in [0.29, 0.717) is 0 Å². The normalized spacial score (nSPS) is 27.7. The standard InChI is InChI=1S/C8H17P/c1-3-6-9(2)7-4-5-8-9/h3,9H,1,4-8H2,2H3. The Hall–Kier alpha value is 0.170. The predicted octanol–water partition coefficient (Wildman–Crippen LogP) is 2.35. The summed E-state index contributed by atoms with van der Waals surface area (Å²) in [5.41, 5.74) is 0. The minimum atomic E-state index is -0.704. The molecule has 1 rings (SSSR count). The molecule has 1 aliphatic rings. The SMILES string of the molecule is C=CC[PH]1(C)CCCC1. The van der Waals surface area contributed by atoms with Gasteiger partial charge in [0.2, 0.25) is 0 Å². The molecule has 1 fully saturated rings. The van der Waals surface area contributed by atoms with E-state index in [9.17, 15) is 0 Å². The third-order valence-electron chi connectivity index (χ3n) is 2.45. The van der Waals surface area contributed by atoms with Gasteiger partial charge in [-0.25, -0.2) is 0 Å². The van der Waals surface area contributed by atoms with Crippen LogP contribution in [0.15, 0.2) is 12.7 Å². The van der Waals surface area contributed by atoms with E-state index < -0.39 is 7.26 Å². The van der Waals surface area contributed by atoms with E-state index >= 15 is 0 Å². The second-order valence-electron chi connectivity index (χ2n) is 3.51. The third kappa shape index (κ3) is 1.79. The van der Waals surface area contributed by atoms with E-state index in [0.717, 1.165) is 0 Å². The fourth-order valence-corrected chi connectivity index (χ4v) is 5.34. The summed E-state index contributed by atoms with van der Waals surface area (Å²) in [7, 11) is -0.704. The van der Waals surface area contributed by atoms with Crippen LogP contribution in [-0.4, -0.2) is 25.2 Å². The Morgan fingerprint density at radius 2 is 2.00 bits per heavy atom. The predicted molar refractivity (Wildman–Crippen MR) is 48.3 cm³/mol. The van der Waals surface area contributed by atoms with Crippen molar-refractivity contribution in [2.45, 2.75) is 12.8 Å². The maximum atomic E-state index is 3.80. The fourth-order valence-electron chi connectivity index (χ4n) is 1.78. The van der Waals surface area contributed by atoms with Gasteiger partial charge in [-0.15, -0.1) is 0 Å². The zero-order valence-electron chi connectivity index (χ0n) is 6.32. The Morgan fingerprint density at radius 1 is 1.44 bits per heavy atom. The summed E-state index contributed by atoms with van der Waals surface area (Å²) in [6, 6.07) is 0. The first-order valence-electron chi connectivity index (χ1n) is 3.88. The molecule has 9 heavy (non-hydrogen) atoms. The molecule has 0 aromatic heterocycles. The molecule has 0 unspecified atom stereocenters. The van der Waals surface area contributed by atoms with Crippen LogP contribution in [-0.2, 0) is 0 Å². The van der Waals surface area contributed by atoms with Gasteiger partial charge < -0.3 is 0 Å².